The van der Waals surface area contributed by atoms with Gasteiger partial charge in [0.05, 0.1) is 7.11 Å². The van der Waals surface area contributed by atoms with E-state index in [1.807, 2.05) is 7.05 Å². The highest BCUT2D eigenvalue weighted by Gasteiger charge is 2.46. The van der Waals surface area contributed by atoms with Crippen molar-refractivity contribution in [2.75, 3.05) is 40.8 Å². The van der Waals surface area contributed by atoms with Gasteiger partial charge in [0.15, 0.2) is 0 Å². The Bertz CT molecular complexity index is 363. The molecule has 2 aliphatic rings. The first-order chi connectivity index (χ1) is 10.1. The van der Waals surface area contributed by atoms with Crippen LogP contribution in [-0.2, 0) is 9.53 Å². The highest BCUT2D eigenvalue weighted by Crippen LogP contribution is 2.34. The van der Waals surface area contributed by atoms with E-state index in [4.69, 9.17) is 4.74 Å². The lowest BCUT2D eigenvalue weighted by atomic mass is 9.97. The molecule has 2 fully saturated rings. The zero-order valence-electron chi connectivity index (χ0n) is 14.0. The number of ether oxygens (including phenoxy) is 1. The van der Waals surface area contributed by atoms with Crippen LogP contribution in [0, 0.1) is 0 Å². The lowest BCUT2D eigenvalue weighted by molar-refractivity contribution is -0.148. The molecule has 122 valence electrons. The number of methoxy groups -OCH3 is 1. The van der Waals surface area contributed by atoms with Crippen molar-refractivity contribution in [1.82, 2.24) is 15.1 Å². The molecule has 2 rings (SSSR count). The summed E-state index contributed by atoms with van der Waals surface area (Å²) < 4.78 is 5.00. The van der Waals surface area contributed by atoms with Crippen LogP contribution in [0.4, 0.5) is 0 Å². The number of carbonyl (C=O) groups excluding carboxylic acids is 1. The number of nitrogens with one attached hydrogen (secondary N) is 1. The average Bonchev–Trinajstić information content (AvgIpc) is 3.13. The van der Waals surface area contributed by atoms with E-state index >= 15 is 0 Å². The minimum absolute atomic E-state index is 0.114. The van der Waals surface area contributed by atoms with Crippen molar-refractivity contribution in [2.24, 2.45) is 0 Å². The molecule has 0 spiro atoms. The molecule has 1 aliphatic heterocycles. The summed E-state index contributed by atoms with van der Waals surface area (Å²) in [4.78, 5) is 17.1. The van der Waals surface area contributed by atoms with Crippen LogP contribution < -0.4 is 5.32 Å². The Morgan fingerprint density at radius 3 is 2.86 bits per heavy atom. The Hall–Kier alpha value is -0.650. The molecule has 1 aliphatic carbocycles. The van der Waals surface area contributed by atoms with Gasteiger partial charge in [0.2, 0.25) is 0 Å². The minimum atomic E-state index is -0.478. The maximum absolute atomic E-state index is 12.1. The topological polar surface area (TPSA) is 44.8 Å². The molecule has 5 nitrogen and oxygen atoms in total. The van der Waals surface area contributed by atoms with E-state index in [9.17, 15) is 4.79 Å². The van der Waals surface area contributed by atoms with E-state index < -0.39 is 5.54 Å². The molecule has 3 atom stereocenters. The molecule has 1 N–H and O–H groups in total. The van der Waals surface area contributed by atoms with Gasteiger partial charge in [-0.2, -0.15) is 0 Å². The van der Waals surface area contributed by atoms with Crippen LogP contribution in [0.15, 0.2) is 0 Å². The van der Waals surface area contributed by atoms with E-state index in [1.54, 1.807) is 0 Å². The number of rotatable bonds is 6. The van der Waals surface area contributed by atoms with Crippen molar-refractivity contribution in [3.05, 3.63) is 0 Å². The molecule has 1 heterocycles. The van der Waals surface area contributed by atoms with Gasteiger partial charge in [-0.1, -0.05) is 6.92 Å². The standard InChI is InChI=1S/C16H31N3O2/c1-5-19-10-6-7-14(19)12-18(3)13-8-9-16(11-13,17-2)15(20)21-4/h13-14,17H,5-12H2,1-4H3. The van der Waals surface area contributed by atoms with E-state index in [2.05, 4.69) is 29.1 Å². The Morgan fingerprint density at radius 2 is 2.24 bits per heavy atom. The van der Waals surface area contributed by atoms with E-state index in [1.165, 1.54) is 26.5 Å². The second-order valence-corrected chi connectivity index (χ2v) is 6.58. The summed E-state index contributed by atoms with van der Waals surface area (Å²) in [5.74, 6) is -0.114. The third kappa shape index (κ3) is 3.41. The van der Waals surface area contributed by atoms with Gasteiger partial charge >= 0.3 is 5.97 Å². The molecule has 0 aromatic carbocycles. The molecule has 1 saturated carbocycles. The largest absolute Gasteiger partial charge is 0.468 e. The van der Waals surface area contributed by atoms with Gasteiger partial charge in [0.1, 0.15) is 5.54 Å². The number of likely N-dealkylation sites (tertiary alicyclic amines) is 1. The maximum Gasteiger partial charge on any atom is 0.326 e. The number of nitrogens with zero attached hydrogens (tertiary/aromatic N) is 2. The lowest BCUT2D eigenvalue weighted by Crippen LogP contribution is -2.50. The highest BCUT2D eigenvalue weighted by atomic mass is 16.5. The molecule has 3 unspecified atom stereocenters. The van der Waals surface area contributed by atoms with E-state index in [0.717, 1.165) is 32.4 Å². The summed E-state index contributed by atoms with van der Waals surface area (Å²) in [6.07, 6.45) is 5.41. The zero-order chi connectivity index (χ0) is 15.5. The maximum atomic E-state index is 12.1. The van der Waals surface area contributed by atoms with Gasteiger partial charge < -0.3 is 15.0 Å². The van der Waals surface area contributed by atoms with Crippen LogP contribution >= 0.6 is 0 Å². The Kier molecular flexibility index (Phi) is 5.63. The first-order valence-corrected chi connectivity index (χ1v) is 8.28. The van der Waals surface area contributed by atoms with Crippen molar-refractivity contribution in [3.63, 3.8) is 0 Å². The van der Waals surface area contributed by atoms with Gasteiger partial charge in [0, 0.05) is 18.6 Å². The number of likely N-dealkylation sites (N-methyl/N-ethyl adjacent to an activating group) is 3. The zero-order valence-corrected chi connectivity index (χ0v) is 14.0. The third-order valence-corrected chi connectivity index (χ3v) is 5.57. The normalized spacial score (nSPS) is 33.8. The first-order valence-electron chi connectivity index (χ1n) is 8.28. The number of carbonyl (C=O) groups is 1. The Morgan fingerprint density at radius 1 is 1.48 bits per heavy atom. The minimum Gasteiger partial charge on any atom is -0.468 e. The molecule has 0 radical (unpaired) electrons. The van der Waals surface area contributed by atoms with Crippen LogP contribution in [0.3, 0.4) is 0 Å². The summed E-state index contributed by atoms with van der Waals surface area (Å²) in [5, 5.41) is 3.21. The fourth-order valence-electron chi connectivity index (χ4n) is 4.11. The summed E-state index contributed by atoms with van der Waals surface area (Å²) in [6, 6.07) is 1.15. The summed E-state index contributed by atoms with van der Waals surface area (Å²) in [6.45, 7) is 5.74. The molecule has 0 bridgehead atoms. The Balaban J connectivity index is 1.92. The summed E-state index contributed by atoms with van der Waals surface area (Å²) in [7, 11) is 5.56. The van der Waals surface area contributed by atoms with Crippen molar-refractivity contribution in [3.8, 4) is 0 Å². The lowest BCUT2D eigenvalue weighted by Gasteiger charge is -2.32. The second kappa shape index (κ2) is 7.07. The van der Waals surface area contributed by atoms with Crippen molar-refractivity contribution < 1.29 is 9.53 Å². The fraction of sp³-hybridized carbons (Fsp3) is 0.938. The Labute approximate surface area is 129 Å². The number of esters is 1. The SMILES string of the molecule is CCN1CCCC1CN(C)C1CCC(NC)(C(=O)OC)C1. The van der Waals surface area contributed by atoms with Crippen LogP contribution in [-0.4, -0.2) is 74.2 Å². The fourth-order valence-corrected chi connectivity index (χ4v) is 4.11. The summed E-state index contributed by atoms with van der Waals surface area (Å²) in [5.41, 5.74) is -0.478. The van der Waals surface area contributed by atoms with Gasteiger partial charge in [-0.3, -0.25) is 9.69 Å². The van der Waals surface area contributed by atoms with Crippen LogP contribution in [0.1, 0.15) is 39.0 Å². The van der Waals surface area contributed by atoms with Crippen LogP contribution in [0.25, 0.3) is 0 Å². The highest BCUT2D eigenvalue weighted by molar-refractivity contribution is 5.81. The van der Waals surface area contributed by atoms with Crippen molar-refractivity contribution in [2.45, 2.75) is 56.7 Å². The molecule has 1 saturated heterocycles. The van der Waals surface area contributed by atoms with Gasteiger partial charge in [0.25, 0.3) is 0 Å². The number of hydrogen-bond acceptors (Lipinski definition) is 5. The molecular weight excluding hydrogens is 266 g/mol. The smallest absolute Gasteiger partial charge is 0.326 e. The molecule has 0 amide bonds. The monoisotopic (exact) mass is 297 g/mol. The first kappa shape index (κ1) is 16.7. The number of hydrogen-bond donors (Lipinski definition) is 1. The molecule has 21 heavy (non-hydrogen) atoms. The van der Waals surface area contributed by atoms with Gasteiger partial charge in [-0.25, -0.2) is 0 Å². The van der Waals surface area contributed by atoms with E-state index in [-0.39, 0.29) is 5.97 Å². The molecule has 0 aromatic heterocycles. The average molecular weight is 297 g/mol. The van der Waals surface area contributed by atoms with Gasteiger partial charge in [-0.15, -0.1) is 0 Å². The van der Waals surface area contributed by atoms with Crippen molar-refractivity contribution >= 4 is 5.97 Å². The van der Waals surface area contributed by atoms with Crippen molar-refractivity contribution in [1.29, 1.82) is 0 Å². The molecular formula is C16H31N3O2. The van der Waals surface area contributed by atoms with Crippen LogP contribution in [0.5, 0.6) is 0 Å². The van der Waals surface area contributed by atoms with Gasteiger partial charge in [-0.05, 0) is 59.3 Å². The van der Waals surface area contributed by atoms with E-state index in [0.29, 0.717) is 12.1 Å². The second-order valence-electron chi connectivity index (χ2n) is 6.58. The van der Waals surface area contributed by atoms with Crippen LogP contribution in [0.2, 0.25) is 0 Å². The molecule has 5 heteroatoms. The predicted molar refractivity (Wildman–Crippen MR) is 84.3 cm³/mol. The predicted octanol–water partition coefficient (Wildman–Crippen LogP) is 1.09. The third-order valence-electron chi connectivity index (χ3n) is 5.57. The quantitative estimate of drug-likeness (QED) is 0.744. The molecule has 0 aromatic rings. The summed E-state index contributed by atoms with van der Waals surface area (Å²) >= 11 is 0.